The Balaban J connectivity index is 2.08. The van der Waals surface area contributed by atoms with Crippen LogP contribution in [0.15, 0.2) is 85.0 Å². The Morgan fingerprint density at radius 1 is 0.875 bits per heavy atom. The summed E-state index contributed by atoms with van der Waals surface area (Å²) in [4.78, 5) is 0. The van der Waals surface area contributed by atoms with Crippen molar-refractivity contribution in [3.63, 3.8) is 0 Å². The van der Waals surface area contributed by atoms with Gasteiger partial charge >= 0.3 is 0 Å². The summed E-state index contributed by atoms with van der Waals surface area (Å²) in [6, 6.07) is 21.2. The van der Waals surface area contributed by atoms with Crippen molar-refractivity contribution in [2.45, 2.75) is 57.3 Å². The normalized spacial score (nSPS) is 14.5. The highest BCUT2D eigenvalue weighted by molar-refractivity contribution is 6.99. The summed E-state index contributed by atoms with van der Waals surface area (Å²) in [5.41, 5.74) is 0. The van der Waals surface area contributed by atoms with Gasteiger partial charge in [-0.15, -0.1) is 6.42 Å². The minimum absolute atomic E-state index is 0.0500. The summed E-state index contributed by atoms with van der Waals surface area (Å²) in [7, 11) is -2.51. The first-order valence-electron chi connectivity index (χ1n) is 11.2. The predicted octanol–water partition coefficient (Wildman–Crippen LogP) is 4.20. The molecule has 2 rings (SSSR count). The van der Waals surface area contributed by atoms with Crippen LogP contribution in [0.25, 0.3) is 0 Å². The van der Waals surface area contributed by atoms with Crippen molar-refractivity contribution < 1.29 is 14.6 Å². The summed E-state index contributed by atoms with van der Waals surface area (Å²) in [6.07, 6.45) is 12.1. The summed E-state index contributed by atoms with van der Waals surface area (Å²) in [5, 5.41) is 22.5. The van der Waals surface area contributed by atoms with Gasteiger partial charge in [0.1, 0.15) is 0 Å². The number of benzene rings is 2. The minimum Gasteiger partial charge on any atom is -0.407 e. The first-order chi connectivity index (χ1) is 15.3. The number of terminal acetylenes is 1. The van der Waals surface area contributed by atoms with E-state index in [0.717, 1.165) is 6.42 Å². The molecule has 0 spiro atoms. The van der Waals surface area contributed by atoms with E-state index in [1.807, 2.05) is 24.3 Å². The maximum atomic E-state index is 10.1. The molecule has 0 unspecified atom stereocenters. The van der Waals surface area contributed by atoms with E-state index < -0.39 is 20.5 Å². The molecule has 32 heavy (non-hydrogen) atoms. The Morgan fingerprint density at radius 3 is 1.84 bits per heavy atom. The van der Waals surface area contributed by atoms with Gasteiger partial charge in [0.05, 0.1) is 12.2 Å². The zero-order valence-electron chi connectivity index (χ0n) is 19.4. The van der Waals surface area contributed by atoms with Gasteiger partial charge in [-0.1, -0.05) is 106 Å². The highest BCUT2D eigenvalue weighted by Crippen LogP contribution is 2.36. The molecule has 0 saturated heterocycles. The molecule has 0 amide bonds. The zero-order chi connectivity index (χ0) is 23.5. The number of aliphatic hydroxyl groups excluding tert-OH is 2. The van der Waals surface area contributed by atoms with Crippen molar-refractivity contribution in [2.75, 3.05) is 6.61 Å². The fourth-order valence-electron chi connectivity index (χ4n) is 3.98. The molecule has 0 fully saturated rings. The second-order valence-electron chi connectivity index (χ2n) is 8.95. The van der Waals surface area contributed by atoms with Crippen LogP contribution < -0.4 is 10.4 Å². The summed E-state index contributed by atoms with van der Waals surface area (Å²) in [5.74, 6) is 2.38. The van der Waals surface area contributed by atoms with Gasteiger partial charge in [0.15, 0.2) is 0 Å². The van der Waals surface area contributed by atoms with Gasteiger partial charge in [0.2, 0.25) is 0 Å². The molecule has 0 aliphatic rings. The third-order valence-electron chi connectivity index (χ3n) is 5.60. The largest absolute Gasteiger partial charge is 0.407 e. The molecule has 0 aliphatic carbocycles. The molecule has 0 aromatic heterocycles. The first-order valence-corrected chi connectivity index (χ1v) is 13.1. The van der Waals surface area contributed by atoms with Crippen LogP contribution in [0.1, 0.15) is 40.0 Å². The highest BCUT2D eigenvalue weighted by Gasteiger charge is 2.49. The van der Waals surface area contributed by atoms with Gasteiger partial charge in [-0.2, -0.15) is 0 Å². The van der Waals surface area contributed by atoms with Crippen LogP contribution in [0.5, 0.6) is 0 Å². The van der Waals surface area contributed by atoms with Crippen LogP contribution in [0.2, 0.25) is 5.04 Å². The number of rotatable bonds is 11. The van der Waals surface area contributed by atoms with Crippen LogP contribution in [0.3, 0.4) is 0 Å². The molecule has 2 aromatic rings. The average Bonchev–Trinajstić information content (AvgIpc) is 2.79. The van der Waals surface area contributed by atoms with E-state index in [1.54, 1.807) is 6.08 Å². The number of aliphatic hydroxyl groups is 2. The monoisotopic (exact) mass is 448 g/mol. The van der Waals surface area contributed by atoms with E-state index in [9.17, 15) is 10.2 Å². The Labute approximate surface area is 194 Å². The van der Waals surface area contributed by atoms with Crippen LogP contribution in [0.4, 0.5) is 0 Å². The maximum absolute atomic E-state index is 10.1. The van der Waals surface area contributed by atoms with Crippen LogP contribution in [-0.2, 0) is 4.43 Å². The van der Waals surface area contributed by atoms with E-state index in [-0.39, 0.29) is 5.04 Å². The van der Waals surface area contributed by atoms with E-state index in [0.29, 0.717) is 19.4 Å². The van der Waals surface area contributed by atoms with E-state index >= 15 is 0 Å². The zero-order valence-corrected chi connectivity index (χ0v) is 20.4. The Hall–Kier alpha value is -2.42. The average molecular weight is 449 g/mol. The number of hydrogen-bond acceptors (Lipinski definition) is 3. The minimum atomic E-state index is -2.51. The smallest absolute Gasteiger partial charge is 0.261 e. The molecule has 2 atom stereocenters. The molecule has 2 N–H and O–H groups in total. The Kier molecular flexibility index (Phi) is 10.1. The van der Waals surface area contributed by atoms with Crippen molar-refractivity contribution in [3.05, 3.63) is 85.0 Å². The lowest BCUT2D eigenvalue weighted by atomic mass is 10.1. The fraction of sp³-hybridized carbons (Fsp3) is 0.357. The SMILES string of the molecule is C#C/C=C\C[C@H](O)[C@@H](O)C/C=C\CCO[Si](c1ccccc1)(c1ccccc1)C(C)(C)C. The lowest BCUT2D eigenvalue weighted by Gasteiger charge is -2.43. The van der Waals surface area contributed by atoms with Crippen molar-refractivity contribution >= 4 is 18.7 Å². The van der Waals surface area contributed by atoms with Gasteiger partial charge in [0.25, 0.3) is 8.32 Å². The Morgan fingerprint density at radius 2 is 1.38 bits per heavy atom. The van der Waals surface area contributed by atoms with E-state index in [2.05, 4.69) is 75.2 Å². The molecule has 170 valence electrons. The molecule has 0 aliphatic heterocycles. The predicted molar refractivity (Wildman–Crippen MR) is 137 cm³/mol. The van der Waals surface area contributed by atoms with E-state index in [4.69, 9.17) is 10.8 Å². The molecule has 4 heteroatoms. The second kappa shape index (κ2) is 12.6. The molecular formula is C28H36O3Si. The molecule has 0 saturated carbocycles. The van der Waals surface area contributed by atoms with Gasteiger partial charge < -0.3 is 14.6 Å². The lowest BCUT2D eigenvalue weighted by Crippen LogP contribution is -2.66. The van der Waals surface area contributed by atoms with Crippen LogP contribution >= 0.6 is 0 Å². The number of allylic oxidation sites excluding steroid dienone is 1. The first kappa shape index (κ1) is 25.8. The van der Waals surface area contributed by atoms with Gasteiger partial charge in [-0.05, 0) is 40.8 Å². The standard InChI is InChI=1S/C28H36O3Si/c1-5-6-10-21-26(29)27(30)22-15-9-16-23-31-32(28(2,3)4,24-17-11-7-12-18-24)25-19-13-8-14-20-25/h1,6-15,17-20,26-27,29-30H,16,21-23H2,2-4H3/b10-6-,15-9-/t26-,27-/m0/s1. The molecular weight excluding hydrogens is 412 g/mol. The summed E-state index contributed by atoms with van der Waals surface area (Å²) >= 11 is 0. The summed E-state index contributed by atoms with van der Waals surface area (Å²) in [6.45, 7) is 7.39. The molecule has 3 nitrogen and oxygen atoms in total. The second-order valence-corrected chi connectivity index (χ2v) is 13.3. The fourth-order valence-corrected chi connectivity index (χ4v) is 8.56. The molecule has 2 aromatic carbocycles. The van der Waals surface area contributed by atoms with Gasteiger partial charge in [-0.25, -0.2) is 0 Å². The van der Waals surface area contributed by atoms with Crippen molar-refractivity contribution in [1.82, 2.24) is 0 Å². The topological polar surface area (TPSA) is 49.7 Å². The quantitative estimate of drug-likeness (QED) is 0.234. The van der Waals surface area contributed by atoms with Crippen LogP contribution in [0, 0.1) is 12.3 Å². The van der Waals surface area contributed by atoms with Crippen LogP contribution in [-0.4, -0.2) is 37.3 Å². The Bertz CT molecular complexity index is 852. The highest BCUT2D eigenvalue weighted by atomic mass is 28.4. The van der Waals surface area contributed by atoms with Crippen molar-refractivity contribution in [3.8, 4) is 12.3 Å². The van der Waals surface area contributed by atoms with Crippen molar-refractivity contribution in [2.24, 2.45) is 0 Å². The van der Waals surface area contributed by atoms with Gasteiger partial charge in [-0.3, -0.25) is 0 Å². The number of hydrogen-bond donors (Lipinski definition) is 2. The third kappa shape index (κ3) is 6.79. The van der Waals surface area contributed by atoms with Crippen molar-refractivity contribution in [1.29, 1.82) is 0 Å². The maximum Gasteiger partial charge on any atom is 0.261 e. The molecule has 0 bridgehead atoms. The van der Waals surface area contributed by atoms with Gasteiger partial charge in [0, 0.05) is 6.61 Å². The summed E-state index contributed by atoms with van der Waals surface area (Å²) < 4.78 is 6.83. The lowest BCUT2D eigenvalue weighted by molar-refractivity contribution is 0.0238. The third-order valence-corrected chi connectivity index (χ3v) is 10.6. The molecule has 0 heterocycles. The van der Waals surface area contributed by atoms with E-state index in [1.165, 1.54) is 16.4 Å². The molecule has 0 radical (unpaired) electrons.